The molecule has 0 aliphatic carbocycles. The molecule has 0 N–H and O–H groups in total. The zero-order chi connectivity index (χ0) is 20.5. The maximum Gasteiger partial charge on any atom is 0.225 e. The molecule has 1 atom stereocenters. The molecule has 4 rings (SSSR count). The number of nitrogens with zero attached hydrogens (tertiary/aromatic N) is 3. The van der Waals surface area contributed by atoms with Crippen LogP contribution < -0.4 is 4.74 Å². The highest BCUT2D eigenvalue weighted by Gasteiger charge is 2.21. The lowest BCUT2D eigenvalue weighted by Crippen LogP contribution is -2.18. The first-order valence-corrected chi connectivity index (χ1v) is 10.2. The van der Waals surface area contributed by atoms with Crippen molar-refractivity contribution < 1.29 is 14.3 Å². The Bertz CT molecular complexity index is 1070. The molecule has 1 fully saturated rings. The highest BCUT2D eigenvalue weighted by molar-refractivity contribution is 6.38. The smallest absolute Gasteiger partial charge is 0.225 e. The van der Waals surface area contributed by atoms with Gasteiger partial charge in [0.2, 0.25) is 11.7 Å². The van der Waals surface area contributed by atoms with Gasteiger partial charge in [-0.2, -0.15) is 0 Å². The van der Waals surface area contributed by atoms with Crippen LogP contribution in [0.15, 0.2) is 24.5 Å². The van der Waals surface area contributed by atoms with Crippen LogP contribution in [0.2, 0.25) is 10.0 Å². The number of halogens is 2. The van der Waals surface area contributed by atoms with Crippen LogP contribution in [0.1, 0.15) is 34.6 Å². The highest BCUT2D eigenvalue weighted by Crippen LogP contribution is 2.31. The number of hydrogen-bond acceptors (Lipinski definition) is 5. The Balaban J connectivity index is 1.53. The molecule has 0 bridgehead atoms. The number of aryl methyl sites for hydroxylation is 1. The lowest BCUT2D eigenvalue weighted by Gasteiger charge is -2.15. The fourth-order valence-corrected chi connectivity index (χ4v) is 4.29. The predicted molar refractivity (Wildman–Crippen MR) is 112 cm³/mol. The number of benzene rings is 1. The van der Waals surface area contributed by atoms with Crippen LogP contribution >= 0.6 is 23.2 Å². The molecular weight excluding hydrogens is 413 g/mol. The summed E-state index contributed by atoms with van der Waals surface area (Å²) in [6.45, 7) is 5.39. The summed E-state index contributed by atoms with van der Waals surface area (Å²) in [7, 11) is 0. The second-order valence-corrected chi connectivity index (χ2v) is 8.05. The summed E-state index contributed by atoms with van der Waals surface area (Å²) >= 11 is 12.3. The Morgan fingerprint density at radius 3 is 2.86 bits per heavy atom. The maximum atomic E-state index is 12.8. The standard InChI is InChI=1S/C21H21Cl2N3O3/c1-12-6-16(13(2)26(12)9-15-4-3-5-28-15)19(27)10-29-21-17-7-14(22)8-18(23)20(17)24-11-25-21/h6-8,11,15H,3-5,9-10H2,1-2H3/t15-/m0/s1. The first kappa shape index (κ1) is 20.1. The second kappa shape index (κ2) is 8.30. The van der Waals surface area contributed by atoms with E-state index in [0.29, 0.717) is 26.5 Å². The number of ketones is 1. The quantitative estimate of drug-likeness (QED) is 0.522. The van der Waals surface area contributed by atoms with E-state index in [-0.39, 0.29) is 24.4 Å². The fourth-order valence-electron chi connectivity index (χ4n) is 3.75. The van der Waals surface area contributed by atoms with Gasteiger partial charge < -0.3 is 14.0 Å². The number of carbonyl (C=O) groups is 1. The van der Waals surface area contributed by atoms with Crippen LogP contribution in [0.25, 0.3) is 10.9 Å². The van der Waals surface area contributed by atoms with E-state index < -0.39 is 0 Å². The summed E-state index contributed by atoms with van der Waals surface area (Å²) in [5, 5.41) is 1.43. The van der Waals surface area contributed by atoms with Gasteiger partial charge in [-0.15, -0.1) is 0 Å². The lowest BCUT2D eigenvalue weighted by atomic mass is 10.1. The van der Waals surface area contributed by atoms with Crippen LogP contribution in [0.4, 0.5) is 0 Å². The van der Waals surface area contributed by atoms with Gasteiger partial charge in [0, 0.05) is 35.1 Å². The monoisotopic (exact) mass is 433 g/mol. The number of rotatable bonds is 6. The first-order valence-electron chi connectivity index (χ1n) is 9.48. The van der Waals surface area contributed by atoms with E-state index in [1.54, 1.807) is 12.1 Å². The summed E-state index contributed by atoms with van der Waals surface area (Å²) in [6, 6.07) is 5.19. The van der Waals surface area contributed by atoms with E-state index in [4.69, 9.17) is 32.7 Å². The van der Waals surface area contributed by atoms with Crippen LogP contribution in [0.3, 0.4) is 0 Å². The molecule has 0 spiro atoms. The molecule has 0 saturated carbocycles. The molecule has 3 aromatic rings. The Morgan fingerprint density at radius 2 is 2.10 bits per heavy atom. The fraction of sp³-hybridized carbons (Fsp3) is 0.381. The van der Waals surface area contributed by atoms with Crippen LogP contribution in [0, 0.1) is 13.8 Å². The molecule has 1 aliphatic heterocycles. The number of fused-ring (bicyclic) bond motifs is 1. The van der Waals surface area contributed by atoms with Gasteiger partial charge in [0.05, 0.1) is 22.0 Å². The summed E-state index contributed by atoms with van der Waals surface area (Å²) in [5.74, 6) is 0.164. The third kappa shape index (κ3) is 4.10. The molecule has 0 unspecified atom stereocenters. The minimum Gasteiger partial charge on any atom is -0.469 e. The largest absolute Gasteiger partial charge is 0.469 e. The summed E-state index contributed by atoms with van der Waals surface area (Å²) < 4.78 is 13.6. The van der Waals surface area contributed by atoms with Gasteiger partial charge in [-0.25, -0.2) is 9.97 Å². The number of carbonyl (C=O) groups excluding carboxylic acids is 1. The van der Waals surface area contributed by atoms with Gasteiger partial charge in [0.1, 0.15) is 6.33 Å². The van der Waals surface area contributed by atoms with Gasteiger partial charge in [-0.05, 0) is 44.9 Å². The first-order chi connectivity index (χ1) is 13.9. The van der Waals surface area contributed by atoms with Crippen molar-refractivity contribution in [2.75, 3.05) is 13.2 Å². The van der Waals surface area contributed by atoms with Crippen LogP contribution in [-0.4, -0.2) is 39.6 Å². The predicted octanol–water partition coefficient (Wildman–Crippen LogP) is 4.80. The molecule has 8 heteroatoms. The van der Waals surface area contributed by atoms with Crippen molar-refractivity contribution in [2.24, 2.45) is 0 Å². The van der Waals surface area contributed by atoms with Gasteiger partial charge in [0.25, 0.3) is 0 Å². The van der Waals surface area contributed by atoms with E-state index >= 15 is 0 Å². The molecule has 152 valence electrons. The van der Waals surface area contributed by atoms with Crippen LogP contribution in [0.5, 0.6) is 5.88 Å². The van der Waals surface area contributed by atoms with E-state index in [9.17, 15) is 4.79 Å². The van der Waals surface area contributed by atoms with Crippen LogP contribution in [-0.2, 0) is 11.3 Å². The average molecular weight is 434 g/mol. The average Bonchev–Trinajstić information content (AvgIpc) is 3.30. The van der Waals surface area contributed by atoms with Gasteiger partial charge >= 0.3 is 0 Å². The van der Waals surface area contributed by atoms with Gasteiger partial charge in [-0.1, -0.05) is 23.2 Å². The third-order valence-corrected chi connectivity index (χ3v) is 5.75. The molecular formula is C21H21Cl2N3O3. The number of aromatic nitrogens is 3. The second-order valence-electron chi connectivity index (χ2n) is 7.20. The minimum absolute atomic E-state index is 0.114. The molecule has 1 aromatic carbocycles. The normalized spacial score (nSPS) is 16.5. The van der Waals surface area contributed by atoms with Gasteiger partial charge in [0.15, 0.2) is 6.61 Å². The third-order valence-electron chi connectivity index (χ3n) is 5.24. The molecule has 3 heterocycles. The summed E-state index contributed by atoms with van der Waals surface area (Å²) in [5.41, 5.74) is 3.14. The zero-order valence-corrected chi connectivity index (χ0v) is 17.8. The van der Waals surface area contributed by atoms with Gasteiger partial charge in [-0.3, -0.25) is 4.79 Å². The van der Waals surface area contributed by atoms with E-state index in [1.165, 1.54) is 6.33 Å². The molecule has 0 amide bonds. The minimum atomic E-state index is -0.138. The SMILES string of the molecule is Cc1cc(C(=O)COc2ncnc3c(Cl)cc(Cl)cc23)c(C)n1C[C@@H]1CCCO1. The maximum absolute atomic E-state index is 12.8. The van der Waals surface area contributed by atoms with Crippen molar-refractivity contribution in [1.82, 2.24) is 14.5 Å². The Kier molecular flexibility index (Phi) is 5.76. The molecule has 2 aromatic heterocycles. The molecule has 1 aliphatic rings. The topological polar surface area (TPSA) is 66.2 Å². The van der Waals surface area contributed by atoms with Crippen molar-refractivity contribution in [2.45, 2.75) is 39.3 Å². The number of ether oxygens (including phenoxy) is 2. The Hall–Kier alpha value is -2.15. The summed E-state index contributed by atoms with van der Waals surface area (Å²) in [6.07, 6.45) is 3.70. The Labute approximate surface area is 178 Å². The molecule has 29 heavy (non-hydrogen) atoms. The zero-order valence-electron chi connectivity index (χ0n) is 16.2. The number of hydrogen-bond donors (Lipinski definition) is 0. The van der Waals surface area contributed by atoms with Crippen molar-refractivity contribution in [1.29, 1.82) is 0 Å². The summed E-state index contributed by atoms with van der Waals surface area (Å²) in [4.78, 5) is 21.2. The van der Waals surface area contributed by atoms with Crippen molar-refractivity contribution in [3.05, 3.63) is 51.5 Å². The number of Topliss-reactive ketones (excluding diaryl/α,β-unsaturated/α-hetero) is 1. The van der Waals surface area contributed by atoms with E-state index in [1.807, 2.05) is 19.9 Å². The molecule has 6 nitrogen and oxygen atoms in total. The highest BCUT2D eigenvalue weighted by atomic mass is 35.5. The van der Waals surface area contributed by atoms with E-state index in [0.717, 1.165) is 37.4 Å². The molecule has 0 radical (unpaired) electrons. The van der Waals surface area contributed by atoms with Crippen molar-refractivity contribution in [3.63, 3.8) is 0 Å². The van der Waals surface area contributed by atoms with Crippen molar-refractivity contribution >= 4 is 39.9 Å². The van der Waals surface area contributed by atoms with Crippen molar-refractivity contribution in [3.8, 4) is 5.88 Å². The Morgan fingerprint density at radius 1 is 1.28 bits per heavy atom. The lowest BCUT2D eigenvalue weighted by molar-refractivity contribution is 0.0912. The van der Waals surface area contributed by atoms with E-state index in [2.05, 4.69) is 14.5 Å². The molecule has 1 saturated heterocycles.